The predicted octanol–water partition coefficient (Wildman–Crippen LogP) is 3.99. The van der Waals surface area contributed by atoms with Gasteiger partial charge in [0.2, 0.25) is 0 Å². The lowest BCUT2D eigenvalue weighted by molar-refractivity contribution is -0.140. The highest BCUT2D eigenvalue weighted by Gasteiger charge is 2.67. The molecule has 1 aliphatic heterocycles. The molecule has 3 fully saturated rings. The van der Waals surface area contributed by atoms with Crippen LogP contribution in [0.1, 0.15) is 12.2 Å². The number of imide groups is 1. The molecule has 0 spiro atoms. The Labute approximate surface area is 166 Å². The smallest absolute Gasteiger partial charge is 0.254 e. The van der Waals surface area contributed by atoms with Crippen LogP contribution in [0.2, 0.25) is 5.02 Å². The number of hydrogen-bond donors (Lipinski definition) is 0. The molecule has 5 aliphatic rings. The third kappa shape index (κ3) is 2.23. The van der Waals surface area contributed by atoms with E-state index in [2.05, 4.69) is 17.3 Å². The summed E-state index contributed by atoms with van der Waals surface area (Å²) in [5.74, 6) is 1.95. The van der Waals surface area contributed by atoms with Gasteiger partial charge >= 0.3 is 0 Å². The number of allylic oxidation sites excluding steroid dienone is 2. The molecule has 6 heteroatoms. The van der Waals surface area contributed by atoms with Crippen LogP contribution < -0.4 is 0 Å². The van der Waals surface area contributed by atoms with Crippen molar-refractivity contribution in [2.75, 3.05) is 0 Å². The second kappa shape index (κ2) is 5.67. The molecule has 2 heterocycles. The Balaban J connectivity index is 1.24. The Morgan fingerprint density at radius 3 is 2.25 bits per heavy atom. The lowest BCUT2D eigenvalue weighted by atomic mass is 9.63. The van der Waals surface area contributed by atoms with Crippen molar-refractivity contribution in [1.29, 1.82) is 0 Å². The maximum absolute atomic E-state index is 12.9. The molecule has 6 atom stereocenters. The quantitative estimate of drug-likeness (QED) is 0.451. The van der Waals surface area contributed by atoms with Gasteiger partial charge in [-0.25, -0.2) is 0 Å². The predicted molar refractivity (Wildman–Crippen MR) is 103 cm³/mol. The van der Waals surface area contributed by atoms with Crippen molar-refractivity contribution in [2.24, 2.45) is 40.6 Å². The zero-order valence-corrected chi connectivity index (χ0v) is 15.6. The number of nitrogens with zero attached hydrogens (tertiary/aromatic N) is 2. The molecular formula is C22H17ClN2O3. The van der Waals surface area contributed by atoms with Crippen molar-refractivity contribution < 1.29 is 14.0 Å². The van der Waals surface area contributed by atoms with Crippen molar-refractivity contribution >= 4 is 29.6 Å². The summed E-state index contributed by atoms with van der Waals surface area (Å²) in [6, 6.07) is 10.9. The maximum atomic E-state index is 12.9. The number of carbonyl (C=O) groups excluding carboxylic acids is 2. The van der Waals surface area contributed by atoms with Crippen LogP contribution in [0.15, 0.2) is 58.1 Å². The average Bonchev–Trinajstić information content (AvgIpc) is 3.34. The number of amides is 2. The fraction of sp³-hybridized carbons (Fsp3) is 0.318. The highest BCUT2D eigenvalue weighted by Crippen LogP contribution is 2.65. The number of halogens is 1. The van der Waals surface area contributed by atoms with Gasteiger partial charge in [-0.1, -0.05) is 23.8 Å². The van der Waals surface area contributed by atoms with Gasteiger partial charge in [-0.15, -0.1) is 0 Å². The first kappa shape index (κ1) is 16.3. The van der Waals surface area contributed by atoms with Crippen molar-refractivity contribution in [3.63, 3.8) is 0 Å². The van der Waals surface area contributed by atoms with Crippen molar-refractivity contribution in [2.45, 2.75) is 6.42 Å². The molecule has 7 rings (SSSR count). The van der Waals surface area contributed by atoms with E-state index in [0.717, 1.165) is 17.0 Å². The lowest BCUT2D eigenvalue weighted by Gasteiger charge is -2.37. The van der Waals surface area contributed by atoms with Crippen LogP contribution >= 0.6 is 11.6 Å². The maximum Gasteiger partial charge on any atom is 0.254 e. The molecule has 140 valence electrons. The molecule has 2 bridgehead atoms. The van der Waals surface area contributed by atoms with Crippen LogP contribution in [0.4, 0.5) is 0 Å². The minimum atomic E-state index is -0.232. The van der Waals surface area contributed by atoms with Gasteiger partial charge in [0.15, 0.2) is 0 Å². The fourth-order valence-electron chi connectivity index (χ4n) is 5.36. The molecule has 0 radical (unpaired) electrons. The molecule has 4 aliphatic carbocycles. The van der Waals surface area contributed by atoms with Gasteiger partial charge in [-0.05, 0) is 66.5 Å². The van der Waals surface area contributed by atoms with Crippen LogP contribution in [0, 0.1) is 35.5 Å². The van der Waals surface area contributed by atoms with Gasteiger partial charge in [0, 0.05) is 10.6 Å². The Morgan fingerprint density at radius 2 is 1.61 bits per heavy atom. The number of furan rings is 1. The summed E-state index contributed by atoms with van der Waals surface area (Å²) >= 11 is 5.92. The summed E-state index contributed by atoms with van der Waals surface area (Å²) in [6.45, 7) is 0. The molecule has 1 saturated heterocycles. The van der Waals surface area contributed by atoms with E-state index < -0.39 is 0 Å². The SMILES string of the molecule is O=C1[C@@H]2[C@H]3C=C[C@@H]([C@@H]4C[C@H]34)[C@H]2C(=O)N1/N=C\c1ccc(-c2ccc(Cl)cc2)o1. The normalized spacial score (nSPS) is 35.0. The van der Waals surface area contributed by atoms with E-state index in [-0.39, 0.29) is 35.5 Å². The van der Waals surface area contributed by atoms with Crippen molar-refractivity contribution in [1.82, 2.24) is 5.01 Å². The highest BCUT2D eigenvalue weighted by atomic mass is 35.5. The molecule has 2 aromatic rings. The summed E-state index contributed by atoms with van der Waals surface area (Å²) < 4.78 is 5.78. The lowest BCUT2D eigenvalue weighted by Crippen LogP contribution is -2.40. The molecule has 0 N–H and O–H groups in total. The zero-order chi connectivity index (χ0) is 19.0. The van der Waals surface area contributed by atoms with Gasteiger partial charge in [0.1, 0.15) is 11.5 Å². The van der Waals surface area contributed by atoms with Gasteiger partial charge < -0.3 is 4.42 Å². The second-order valence-electron chi connectivity index (χ2n) is 8.10. The van der Waals surface area contributed by atoms with Crippen LogP contribution in [-0.4, -0.2) is 23.0 Å². The molecule has 2 saturated carbocycles. The van der Waals surface area contributed by atoms with E-state index in [0.29, 0.717) is 28.4 Å². The molecule has 0 unspecified atom stereocenters. The summed E-state index contributed by atoms with van der Waals surface area (Å²) in [6.07, 6.45) is 6.91. The molecule has 1 aromatic heterocycles. The minimum absolute atomic E-state index is 0.166. The van der Waals surface area contributed by atoms with Crippen molar-refractivity contribution in [3.05, 3.63) is 59.3 Å². The topological polar surface area (TPSA) is 62.9 Å². The Kier molecular flexibility index (Phi) is 3.30. The van der Waals surface area contributed by atoms with Gasteiger partial charge in [0.05, 0.1) is 18.1 Å². The zero-order valence-electron chi connectivity index (χ0n) is 14.9. The summed E-state index contributed by atoms with van der Waals surface area (Å²) in [5.41, 5.74) is 0.894. The summed E-state index contributed by atoms with van der Waals surface area (Å²) in [4.78, 5) is 25.8. The molecular weight excluding hydrogens is 376 g/mol. The van der Waals surface area contributed by atoms with E-state index >= 15 is 0 Å². The summed E-state index contributed by atoms with van der Waals surface area (Å²) in [7, 11) is 0. The third-order valence-corrected chi connectivity index (χ3v) is 6.95. The van der Waals surface area contributed by atoms with E-state index in [1.165, 1.54) is 6.21 Å². The second-order valence-corrected chi connectivity index (χ2v) is 8.53. The molecule has 2 amide bonds. The number of rotatable bonds is 3. The van der Waals surface area contributed by atoms with Gasteiger partial charge in [-0.3, -0.25) is 9.59 Å². The van der Waals surface area contributed by atoms with Gasteiger partial charge in [-0.2, -0.15) is 10.1 Å². The largest absolute Gasteiger partial charge is 0.455 e. The minimum Gasteiger partial charge on any atom is -0.455 e. The number of benzene rings is 1. The highest BCUT2D eigenvalue weighted by molar-refractivity contribution is 6.30. The third-order valence-electron chi connectivity index (χ3n) is 6.70. The van der Waals surface area contributed by atoms with E-state index in [1.807, 2.05) is 18.2 Å². The van der Waals surface area contributed by atoms with Gasteiger partial charge in [0.25, 0.3) is 11.8 Å². The monoisotopic (exact) mass is 392 g/mol. The Bertz CT molecular complexity index is 1020. The van der Waals surface area contributed by atoms with E-state index in [1.54, 1.807) is 18.2 Å². The van der Waals surface area contributed by atoms with E-state index in [4.69, 9.17) is 16.0 Å². The molecule has 5 nitrogen and oxygen atoms in total. The van der Waals surface area contributed by atoms with Crippen LogP contribution in [0.25, 0.3) is 11.3 Å². The fourth-order valence-corrected chi connectivity index (χ4v) is 5.49. The number of carbonyl (C=O) groups is 2. The first-order chi connectivity index (χ1) is 13.6. The van der Waals surface area contributed by atoms with E-state index in [9.17, 15) is 9.59 Å². The standard InChI is InChI=1S/C22H17ClN2O3/c23-12-3-1-11(2-4-12)18-8-5-13(28-18)10-24-25-21(26)19-14-6-7-15(17-9-16(14)17)20(19)22(25)27/h1-8,10,14-17,19-20H,9H2/b24-10-/t14-,15-,16-,17+,19+,20+/m0/s1. The van der Waals surface area contributed by atoms with Crippen molar-refractivity contribution in [3.8, 4) is 11.3 Å². The van der Waals surface area contributed by atoms with Crippen LogP contribution in [-0.2, 0) is 9.59 Å². The number of hydrogen-bond acceptors (Lipinski definition) is 4. The first-order valence-corrected chi connectivity index (χ1v) is 9.95. The van der Waals surface area contributed by atoms with Crippen LogP contribution in [0.3, 0.4) is 0 Å². The summed E-state index contributed by atoms with van der Waals surface area (Å²) in [5, 5.41) is 5.93. The van der Waals surface area contributed by atoms with Crippen LogP contribution in [0.5, 0.6) is 0 Å². The first-order valence-electron chi connectivity index (χ1n) is 9.58. The number of hydrazone groups is 1. The Morgan fingerprint density at radius 1 is 0.964 bits per heavy atom. The Hall–Kier alpha value is -2.66. The molecule has 1 aromatic carbocycles. The average molecular weight is 393 g/mol. The molecule has 28 heavy (non-hydrogen) atoms.